The quantitative estimate of drug-likeness (QED) is 0.367. The van der Waals surface area contributed by atoms with Crippen LogP contribution in [-0.4, -0.2) is 60.3 Å². The van der Waals surface area contributed by atoms with Gasteiger partial charge in [0.2, 0.25) is 0 Å². The third kappa shape index (κ3) is 4.83. The summed E-state index contributed by atoms with van der Waals surface area (Å²) < 4.78 is 21.4. The highest BCUT2D eigenvalue weighted by atomic mass is 35.5. The summed E-state index contributed by atoms with van der Waals surface area (Å²) in [6.45, 7) is 3.76. The number of anilines is 3. The van der Waals surface area contributed by atoms with Crippen LogP contribution in [0.15, 0.2) is 42.6 Å². The summed E-state index contributed by atoms with van der Waals surface area (Å²) in [7, 11) is 4.04. The van der Waals surface area contributed by atoms with Gasteiger partial charge in [0, 0.05) is 31.9 Å². The van der Waals surface area contributed by atoms with E-state index in [1.165, 1.54) is 17.4 Å². The van der Waals surface area contributed by atoms with Crippen molar-refractivity contribution in [1.29, 1.82) is 0 Å². The van der Waals surface area contributed by atoms with Crippen LogP contribution in [0.4, 0.5) is 21.6 Å². The molecule has 10 heteroatoms. The second kappa shape index (κ2) is 9.79. The maximum absolute atomic E-state index is 15.0. The Labute approximate surface area is 206 Å². The largest absolute Gasteiger partial charge is 0.378 e. The predicted octanol–water partition coefficient (Wildman–Crippen LogP) is 5.19. The van der Waals surface area contributed by atoms with Crippen LogP contribution in [0.25, 0.3) is 20.8 Å². The van der Waals surface area contributed by atoms with E-state index >= 15 is 4.39 Å². The molecule has 0 radical (unpaired) electrons. The van der Waals surface area contributed by atoms with Gasteiger partial charge >= 0.3 is 0 Å². The number of halogens is 2. The lowest BCUT2D eigenvalue weighted by atomic mass is 10.1. The highest BCUT2D eigenvalue weighted by molar-refractivity contribution is 7.21. The van der Waals surface area contributed by atoms with E-state index in [4.69, 9.17) is 21.3 Å². The van der Waals surface area contributed by atoms with Gasteiger partial charge in [-0.25, -0.2) is 19.3 Å². The number of hydrogen-bond acceptors (Lipinski definition) is 8. The number of ether oxygens (including phenoxy) is 1. The Bertz CT molecular complexity index is 1320. The van der Waals surface area contributed by atoms with Gasteiger partial charge in [-0.05, 0) is 38.4 Å². The Kier molecular flexibility index (Phi) is 6.60. The molecule has 0 spiro atoms. The molecule has 5 rings (SSSR count). The number of hydrogen-bond donors (Lipinski definition) is 1. The van der Waals surface area contributed by atoms with Crippen LogP contribution in [-0.2, 0) is 11.3 Å². The zero-order valence-electron chi connectivity index (χ0n) is 18.9. The van der Waals surface area contributed by atoms with Gasteiger partial charge in [-0.1, -0.05) is 17.7 Å². The second-order valence-electron chi connectivity index (χ2n) is 8.28. The molecule has 1 N–H and O–H groups in total. The van der Waals surface area contributed by atoms with Gasteiger partial charge < -0.3 is 19.9 Å². The minimum atomic E-state index is -0.360. The Morgan fingerprint density at radius 1 is 1.18 bits per heavy atom. The molecule has 1 saturated heterocycles. The van der Waals surface area contributed by atoms with Gasteiger partial charge in [0.1, 0.15) is 21.8 Å². The molecule has 4 heterocycles. The van der Waals surface area contributed by atoms with Crippen molar-refractivity contribution in [2.24, 2.45) is 0 Å². The first-order chi connectivity index (χ1) is 16.5. The maximum atomic E-state index is 15.0. The van der Waals surface area contributed by atoms with E-state index < -0.39 is 0 Å². The van der Waals surface area contributed by atoms with Crippen molar-refractivity contribution in [3.63, 3.8) is 0 Å². The van der Waals surface area contributed by atoms with Crippen LogP contribution in [0.5, 0.6) is 0 Å². The van der Waals surface area contributed by atoms with E-state index in [9.17, 15) is 0 Å². The van der Waals surface area contributed by atoms with Crippen LogP contribution >= 0.6 is 22.9 Å². The molecule has 1 aliphatic rings. The molecule has 1 aliphatic heterocycles. The Morgan fingerprint density at radius 2 is 2.00 bits per heavy atom. The highest BCUT2D eigenvalue weighted by Gasteiger charge is 2.19. The van der Waals surface area contributed by atoms with E-state index in [1.54, 1.807) is 18.3 Å². The molecule has 0 unspecified atom stereocenters. The first-order valence-corrected chi connectivity index (χ1v) is 12.1. The molecule has 0 bridgehead atoms. The number of thiazole rings is 1. The lowest BCUT2D eigenvalue weighted by Gasteiger charge is -2.31. The number of fused-ring (bicyclic) bond motifs is 1. The Hall–Kier alpha value is -2.85. The summed E-state index contributed by atoms with van der Waals surface area (Å²) in [4.78, 5) is 18.0. The van der Waals surface area contributed by atoms with Crippen molar-refractivity contribution in [3.05, 3.63) is 59.3 Å². The molecular weight excluding hydrogens is 475 g/mol. The van der Waals surface area contributed by atoms with Gasteiger partial charge in [-0.3, -0.25) is 0 Å². The van der Waals surface area contributed by atoms with E-state index in [1.807, 2.05) is 26.2 Å². The van der Waals surface area contributed by atoms with Crippen molar-refractivity contribution in [2.45, 2.75) is 6.54 Å². The summed E-state index contributed by atoms with van der Waals surface area (Å²) in [5.41, 5.74) is 3.73. The molecule has 7 nitrogen and oxygen atoms in total. The minimum Gasteiger partial charge on any atom is -0.378 e. The zero-order chi connectivity index (χ0) is 23.7. The Morgan fingerprint density at radius 3 is 2.79 bits per heavy atom. The molecule has 3 aromatic heterocycles. The van der Waals surface area contributed by atoms with Gasteiger partial charge in [0.15, 0.2) is 0 Å². The van der Waals surface area contributed by atoms with Gasteiger partial charge in [-0.15, -0.1) is 11.3 Å². The molecule has 0 atom stereocenters. The predicted molar refractivity (Wildman–Crippen MR) is 136 cm³/mol. The number of nitrogens with one attached hydrogen (secondary N) is 1. The standard InChI is InChI=1S/C24H24ClFN6OS/c1-31(2)14-18-19(32-8-10-33-11-9-32)6-7-22(29-18)28-16-5-3-4-15(26)23(16)24-30-17-12-21(25)27-13-20(17)34-24/h3-7,12-13H,8-11,14H2,1-2H3,(H,28,29). The lowest BCUT2D eigenvalue weighted by molar-refractivity contribution is 0.122. The average molecular weight is 499 g/mol. The first-order valence-electron chi connectivity index (χ1n) is 10.9. The molecule has 0 amide bonds. The number of pyridine rings is 2. The lowest BCUT2D eigenvalue weighted by Crippen LogP contribution is -2.37. The summed E-state index contributed by atoms with van der Waals surface area (Å²) in [6.07, 6.45) is 1.66. The van der Waals surface area contributed by atoms with Gasteiger partial charge in [0.05, 0.1) is 46.1 Å². The van der Waals surface area contributed by atoms with E-state index in [2.05, 4.69) is 31.2 Å². The highest BCUT2D eigenvalue weighted by Crippen LogP contribution is 2.38. The molecule has 34 heavy (non-hydrogen) atoms. The minimum absolute atomic E-state index is 0.356. The smallest absolute Gasteiger partial charge is 0.135 e. The molecule has 1 fully saturated rings. The molecule has 1 aromatic carbocycles. The third-order valence-corrected chi connectivity index (χ3v) is 6.73. The average Bonchev–Trinajstić information content (AvgIpc) is 3.22. The number of aromatic nitrogens is 3. The van der Waals surface area contributed by atoms with Crippen LogP contribution in [0.1, 0.15) is 5.69 Å². The molecule has 0 aliphatic carbocycles. The zero-order valence-corrected chi connectivity index (χ0v) is 20.5. The summed E-state index contributed by atoms with van der Waals surface area (Å²) in [6, 6.07) is 10.6. The number of rotatable bonds is 6. The van der Waals surface area contributed by atoms with Crippen LogP contribution < -0.4 is 10.2 Å². The maximum Gasteiger partial charge on any atom is 0.135 e. The van der Waals surface area contributed by atoms with Crippen LogP contribution in [0, 0.1) is 5.82 Å². The van der Waals surface area contributed by atoms with E-state index in [-0.39, 0.29) is 5.82 Å². The van der Waals surface area contributed by atoms with E-state index in [0.29, 0.717) is 52.5 Å². The first kappa shape index (κ1) is 22.9. The summed E-state index contributed by atoms with van der Waals surface area (Å²) in [5, 5.41) is 4.23. The third-order valence-electron chi connectivity index (χ3n) is 5.50. The van der Waals surface area contributed by atoms with Crippen molar-refractivity contribution >= 4 is 50.3 Å². The molecule has 176 valence electrons. The topological polar surface area (TPSA) is 66.4 Å². The fourth-order valence-corrected chi connectivity index (χ4v) is 5.10. The monoisotopic (exact) mass is 498 g/mol. The van der Waals surface area contributed by atoms with E-state index in [0.717, 1.165) is 29.2 Å². The number of nitrogens with zero attached hydrogens (tertiary/aromatic N) is 5. The summed E-state index contributed by atoms with van der Waals surface area (Å²) >= 11 is 7.38. The number of benzene rings is 1. The van der Waals surface area contributed by atoms with Crippen molar-refractivity contribution in [2.75, 3.05) is 50.6 Å². The van der Waals surface area contributed by atoms with Crippen molar-refractivity contribution < 1.29 is 9.13 Å². The molecule has 0 saturated carbocycles. The van der Waals surface area contributed by atoms with Crippen molar-refractivity contribution in [3.8, 4) is 10.6 Å². The van der Waals surface area contributed by atoms with Gasteiger partial charge in [0.25, 0.3) is 0 Å². The SMILES string of the molecule is CN(C)Cc1nc(Nc2cccc(F)c2-c2nc3cc(Cl)ncc3s2)ccc1N1CCOCC1. The van der Waals surface area contributed by atoms with Crippen molar-refractivity contribution in [1.82, 2.24) is 19.9 Å². The fourth-order valence-electron chi connectivity index (χ4n) is 3.97. The second-order valence-corrected chi connectivity index (χ2v) is 9.70. The van der Waals surface area contributed by atoms with Crippen LogP contribution in [0.2, 0.25) is 5.15 Å². The van der Waals surface area contributed by atoms with Crippen LogP contribution in [0.3, 0.4) is 0 Å². The fraction of sp³-hybridized carbons (Fsp3) is 0.292. The molecular formula is C24H24ClFN6OS. The number of morpholine rings is 1. The Balaban J connectivity index is 1.51. The summed E-state index contributed by atoms with van der Waals surface area (Å²) in [5.74, 6) is 0.285. The normalized spacial score (nSPS) is 14.2. The molecule has 4 aromatic rings. The van der Waals surface area contributed by atoms with Gasteiger partial charge in [-0.2, -0.15) is 0 Å².